The molecule has 12 nitrogen and oxygen atoms in total. The number of hydrogen-bond donors (Lipinski definition) is 5. The number of rotatable bonds is 7. The second kappa shape index (κ2) is 17.2. The molecule has 2 heterocycles. The van der Waals surface area contributed by atoms with Crippen LogP contribution in [-0.2, 0) is 24.0 Å². The Hall–Kier alpha value is -4.17. The minimum atomic E-state index is -1.15. The Balaban J connectivity index is 1.69. The van der Waals surface area contributed by atoms with Gasteiger partial charge in [0.15, 0.2) is 0 Å². The molecule has 0 spiro atoms. The highest BCUT2D eigenvalue weighted by molar-refractivity contribution is 7.98. The number of amides is 6. The molecule has 0 radical (unpaired) electrons. The summed E-state index contributed by atoms with van der Waals surface area (Å²) in [6.07, 6.45) is 1.90. The maximum atomic E-state index is 14.7. The van der Waals surface area contributed by atoms with Crippen LogP contribution in [0.4, 0.5) is 4.39 Å². The number of halogens is 2. The van der Waals surface area contributed by atoms with Crippen molar-refractivity contribution in [2.45, 2.75) is 83.2 Å². The summed E-state index contributed by atoms with van der Waals surface area (Å²) < 4.78 is 14.7. The predicted octanol–water partition coefficient (Wildman–Crippen LogP) is 2.63. The van der Waals surface area contributed by atoms with Gasteiger partial charge < -0.3 is 31.5 Å². The topological polar surface area (TPSA) is 166 Å². The van der Waals surface area contributed by atoms with Gasteiger partial charge in [0.2, 0.25) is 29.5 Å². The van der Waals surface area contributed by atoms with Crippen molar-refractivity contribution >= 4 is 58.8 Å². The van der Waals surface area contributed by atoms with Gasteiger partial charge in [0.05, 0.1) is 23.0 Å². The van der Waals surface area contributed by atoms with Crippen molar-refractivity contribution in [2.75, 3.05) is 18.6 Å². The number of carbonyl (C=O) groups excluding carboxylic acids is 6. The fourth-order valence-electron chi connectivity index (χ4n) is 6.05. The van der Waals surface area contributed by atoms with Crippen LogP contribution in [0.25, 0.3) is 0 Å². The number of hydrogen-bond acceptors (Lipinski definition) is 7. The molecule has 2 aromatic rings. The smallest absolute Gasteiger partial charge is 0.256 e. The Morgan fingerprint density at radius 3 is 2.36 bits per heavy atom. The number of thioether (sulfide) groups is 1. The molecule has 270 valence electrons. The van der Waals surface area contributed by atoms with Gasteiger partial charge in [-0.25, -0.2) is 4.39 Å². The van der Waals surface area contributed by atoms with E-state index in [2.05, 4.69) is 26.6 Å². The fourth-order valence-corrected chi connectivity index (χ4v) is 6.76. The van der Waals surface area contributed by atoms with E-state index in [4.69, 9.17) is 11.6 Å². The van der Waals surface area contributed by atoms with Crippen molar-refractivity contribution in [3.8, 4) is 0 Å². The van der Waals surface area contributed by atoms with Crippen molar-refractivity contribution in [3.05, 3.63) is 70.0 Å². The molecule has 0 saturated carbocycles. The van der Waals surface area contributed by atoms with Gasteiger partial charge in [-0.3, -0.25) is 28.8 Å². The molecule has 50 heavy (non-hydrogen) atoms. The van der Waals surface area contributed by atoms with Gasteiger partial charge in [0.1, 0.15) is 30.0 Å². The summed E-state index contributed by atoms with van der Waals surface area (Å²) in [5, 5.41) is 13.8. The number of aryl methyl sites for hydroxylation is 1. The molecule has 4 rings (SSSR count). The van der Waals surface area contributed by atoms with Crippen molar-refractivity contribution in [1.82, 2.24) is 31.5 Å². The van der Waals surface area contributed by atoms with E-state index < -0.39 is 83.4 Å². The van der Waals surface area contributed by atoms with Crippen LogP contribution in [0.1, 0.15) is 67.6 Å². The Morgan fingerprint density at radius 2 is 1.70 bits per heavy atom. The molecular formula is C35H44ClFN6O6S. The third-order valence-electron chi connectivity index (χ3n) is 8.89. The minimum absolute atomic E-state index is 0.0550. The van der Waals surface area contributed by atoms with Crippen LogP contribution in [0.5, 0.6) is 0 Å². The summed E-state index contributed by atoms with van der Waals surface area (Å²) in [5.74, 6) is -4.42. The van der Waals surface area contributed by atoms with E-state index in [1.54, 1.807) is 51.1 Å². The third-order valence-corrected chi connectivity index (χ3v) is 10.0. The van der Waals surface area contributed by atoms with Crippen molar-refractivity contribution in [1.29, 1.82) is 0 Å². The first-order chi connectivity index (χ1) is 23.7. The summed E-state index contributed by atoms with van der Waals surface area (Å²) in [7, 11) is 0. The Kier molecular flexibility index (Phi) is 13.3. The summed E-state index contributed by atoms with van der Waals surface area (Å²) >= 11 is 7.76. The van der Waals surface area contributed by atoms with E-state index in [0.717, 1.165) is 6.07 Å². The Bertz CT molecular complexity index is 1610. The molecule has 15 heteroatoms. The fraction of sp³-hybridized carbons (Fsp3) is 0.486. The number of benzene rings is 2. The van der Waals surface area contributed by atoms with Gasteiger partial charge in [0, 0.05) is 12.6 Å². The molecule has 2 aromatic carbocycles. The summed E-state index contributed by atoms with van der Waals surface area (Å²) in [6, 6.07) is 5.55. The van der Waals surface area contributed by atoms with Crippen LogP contribution >= 0.6 is 23.4 Å². The maximum Gasteiger partial charge on any atom is 0.256 e. The standard InChI is InChI=1S/C35H44ClFN6O6S/c1-18(2)30-35(49)43-17-22(39-34(48)28-23(37)12-11-19(3)29(28)36)15-26(43)33(47)38-20(4)31(45)41-25(21-9-7-6-8-10-21)16-27(44)40-24(13-14-50-5)32(46)42-30/h6-12,18,20,22,24-26,30H,13-17H2,1-5H3,(H,38,47)(H,39,48)(H,40,44)(H,41,45)(H,42,46)/t20-,22-,24-,25-,26-,30-/m0/s1. The molecule has 0 unspecified atom stereocenters. The summed E-state index contributed by atoms with van der Waals surface area (Å²) in [5.41, 5.74) is 0.788. The van der Waals surface area contributed by atoms with E-state index >= 15 is 0 Å². The van der Waals surface area contributed by atoms with Crippen LogP contribution in [0.15, 0.2) is 42.5 Å². The highest BCUT2D eigenvalue weighted by Gasteiger charge is 2.44. The van der Waals surface area contributed by atoms with Crippen molar-refractivity contribution in [2.24, 2.45) is 5.92 Å². The lowest BCUT2D eigenvalue weighted by atomic mass is 10.0. The van der Waals surface area contributed by atoms with Gasteiger partial charge in [-0.1, -0.05) is 61.8 Å². The lowest BCUT2D eigenvalue weighted by Gasteiger charge is -2.32. The van der Waals surface area contributed by atoms with Gasteiger partial charge in [0.25, 0.3) is 5.91 Å². The monoisotopic (exact) mass is 730 g/mol. The number of nitrogens with zero attached hydrogens (tertiary/aromatic N) is 1. The lowest BCUT2D eigenvalue weighted by molar-refractivity contribution is -0.143. The normalized spacial score (nSPS) is 25.4. The molecule has 0 bridgehead atoms. The first kappa shape index (κ1) is 38.6. The Morgan fingerprint density at radius 1 is 1.00 bits per heavy atom. The number of fused-ring (bicyclic) bond motifs is 1. The quantitative estimate of drug-likeness (QED) is 0.292. The zero-order valence-electron chi connectivity index (χ0n) is 28.7. The first-order valence-electron chi connectivity index (χ1n) is 16.5. The van der Waals surface area contributed by atoms with Gasteiger partial charge >= 0.3 is 0 Å². The molecular weight excluding hydrogens is 687 g/mol. The summed E-state index contributed by atoms with van der Waals surface area (Å²) in [6.45, 7) is 6.45. The van der Waals surface area contributed by atoms with Crippen molar-refractivity contribution in [3.63, 3.8) is 0 Å². The molecule has 5 N–H and O–H groups in total. The van der Waals surface area contributed by atoms with Crippen LogP contribution in [0.3, 0.4) is 0 Å². The SMILES string of the molecule is CSCC[C@@H]1NC(=O)C[C@@H](c2ccccc2)NC(=O)[C@H](C)NC(=O)[C@@H]2C[C@H](NC(=O)c3c(F)ccc(C)c3Cl)CN2C(=O)[C@H](C(C)C)NC1=O. The molecule has 6 atom stereocenters. The van der Waals surface area contributed by atoms with Crippen LogP contribution in [0.2, 0.25) is 5.02 Å². The second-order valence-electron chi connectivity index (χ2n) is 13.0. The third kappa shape index (κ3) is 9.33. The van der Waals surface area contributed by atoms with Crippen LogP contribution < -0.4 is 26.6 Å². The predicted molar refractivity (Wildman–Crippen MR) is 189 cm³/mol. The van der Waals surface area contributed by atoms with Crippen LogP contribution in [0, 0.1) is 18.7 Å². The lowest BCUT2D eigenvalue weighted by Crippen LogP contribution is -2.59. The molecule has 2 fully saturated rings. The van der Waals surface area contributed by atoms with Gasteiger partial charge in [-0.05, 0) is 61.8 Å². The van der Waals surface area contributed by atoms with E-state index in [-0.39, 0.29) is 36.4 Å². The zero-order chi connectivity index (χ0) is 36.7. The molecule has 0 aliphatic carbocycles. The largest absolute Gasteiger partial charge is 0.347 e. The second-order valence-corrected chi connectivity index (χ2v) is 14.4. The Labute approximate surface area is 300 Å². The number of nitrogens with one attached hydrogen (secondary N) is 5. The average Bonchev–Trinajstić information content (AvgIpc) is 3.50. The van der Waals surface area contributed by atoms with Gasteiger partial charge in [-0.2, -0.15) is 11.8 Å². The highest BCUT2D eigenvalue weighted by Crippen LogP contribution is 2.26. The van der Waals surface area contributed by atoms with Crippen LogP contribution in [-0.4, -0.2) is 89.1 Å². The minimum Gasteiger partial charge on any atom is -0.347 e. The summed E-state index contributed by atoms with van der Waals surface area (Å²) in [4.78, 5) is 83.1. The zero-order valence-corrected chi connectivity index (χ0v) is 30.3. The molecule has 6 amide bonds. The molecule has 2 aliphatic rings. The van der Waals surface area contributed by atoms with E-state index in [1.807, 2.05) is 6.26 Å². The molecule has 0 aromatic heterocycles. The highest BCUT2D eigenvalue weighted by atomic mass is 35.5. The van der Waals surface area contributed by atoms with E-state index in [0.29, 0.717) is 16.9 Å². The van der Waals surface area contributed by atoms with E-state index in [1.165, 1.54) is 29.7 Å². The average molecular weight is 731 g/mol. The van der Waals surface area contributed by atoms with E-state index in [9.17, 15) is 33.2 Å². The molecule has 2 saturated heterocycles. The van der Waals surface area contributed by atoms with Crippen molar-refractivity contribution < 1.29 is 33.2 Å². The molecule has 2 aliphatic heterocycles. The van der Waals surface area contributed by atoms with Gasteiger partial charge in [-0.15, -0.1) is 0 Å². The first-order valence-corrected chi connectivity index (χ1v) is 18.3. The maximum absolute atomic E-state index is 14.7. The number of carbonyl (C=O) groups is 6.